The highest BCUT2D eigenvalue weighted by molar-refractivity contribution is 7.45. The zero-order valence-electron chi connectivity index (χ0n) is 58.1. The summed E-state index contributed by atoms with van der Waals surface area (Å²) in [5, 5.41) is 3.03. The fraction of sp³-hybridized carbons (Fsp3) is 0.671. The molecule has 0 aliphatic carbocycles. The Hall–Kier alpha value is -4.11. The number of likely N-dealkylation sites (N-methyl/N-ethyl adjacent to an activating group) is 1. The maximum atomic E-state index is 13.6. The number of phosphoric ester groups is 1. The van der Waals surface area contributed by atoms with Crippen LogP contribution in [-0.2, 0) is 27.9 Å². The van der Waals surface area contributed by atoms with Gasteiger partial charge in [0.05, 0.1) is 33.8 Å². The molecule has 1 amide bonds. The van der Waals surface area contributed by atoms with Crippen molar-refractivity contribution in [3.05, 3.63) is 146 Å². The molecule has 10 heteroatoms. The van der Waals surface area contributed by atoms with Crippen LogP contribution in [0.15, 0.2) is 146 Å². The number of phosphoric acid groups is 1. The lowest BCUT2D eigenvalue weighted by Crippen LogP contribution is -2.47. The molecule has 0 aliphatic heterocycles. The van der Waals surface area contributed by atoms with Crippen LogP contribution in [0, 0.1) is 0 Å². The predicted molar refractivity (Wildman–Crippen MR) is 385 cm³/mol. The highest BCUT2D eigenvalue weighted by atomic mass is 31.2. The molecule has 0 rings (SSSR count). The third kappa shape index (κ3) is 68.1. The number of allylic oxidation sites excluding steroid dienone is 23. The minimum atomic E-state index is -4.72. The average molecular weight is 1260 g/mol. The summed E-state index contributed by atoms with van der Waals surface area (Å²) in [5.74, 6) is -0.564. The average Bonchev–Trinajstić information content (AvgIpc) is 3.70. The van der Waals surface area contributed by atoms with Gasteiger partial charge in [-0.25, -0.2) is 0 Å². The number of ether oxygens (including phenoxy) is 1. The number of carbonyl (C=O) groups is 2. The molecule has 1 N–H and O–H groups in total. The van der Waals surface area contributed by atoms with E-state index >= 15 is 0 Å². The molecule has 9 nitrogen and oxygen atoms in total. The second-order valence-electron chi connectivity index (χ2n) is 25.0. The molecule has 3 unspecified atom stereocenters. The van der Waals surface area contributed by atoms with Crippen LogP contribution in [-0.4, -0.2) is 69.4 Å². The van der Waals surface area contributed by atoms with Crippen molar-refractivity contribution in [2.24, 2.45) is 0 Å². The molecule has 0 aromatic carbocycles. The third-order valence-electron chi connectivity index (χ3n) is 15.3. The first kappa shape index (κ1) is 84.9. The topological polar surface area (TPSA) is 114 Å². The number of rotatable bonds is 64. The summed E-state index contributed by atoms with van der Waals surface area (Å²) in [6, 6.07) is -0.907. The van der Waals surface area contributed by atoms with E-state index in [9.17, 15) is 19.0 Å². The smallest absolute Gasteiger partial charge is 0.306 e. The largest absolute Gasteiger partial charge is 0.756 e. The van der Waals surface area contributed by atoms with E-state index in [-0.39, 0.29) is 24.9 Å². The molecular weight excluding hydrogens is 1120 g/mol. The Morgan fingerprint density at radius 1 is 0.404 bits per heavy atom. The van der Waals surface area contributed by atoms with Gasteiger partial charge in [-0.15, -0.1) is 0 Å². The molecule has 3 atom stereocenters. The standard InChI is InChI=1S/C79H135N2O7P/c1-7-10-13-16-19-22-25-27-29-31-33-35-37-39-40-42-43-45-47-49-51-53-56-59-62-65-68-71-78(82)80-76(75-87-89(84,85)86-74-73-81(4,5)6)77(70-67-64-61-58-55-24-21-18-15-12-9-3)88-79(83)72-69-66-63-60-57-54-52-50-48-46-44-41-38-36-34-32-30-28-26-23-20-17-14-11-8-2/h10-11,13-14,19-20,22-23,27-30,33-36,39-41,43-45,67,70,76-77H,7-9,12,15-18,21,24-26,31-32,37-38,42,46-66,68-69,71-75H2,1-6H3,(H-,80,82,84,85)/b13-10-,14-11-,22-19-,23-20-,29-27-,30-28-,35-33-,36-34-,40-39-,44-41-,45-43-,70-67+. The normalized spacial score (nSPS) is 14.4. The molecular formula is C79H135N2O7P. The van der Waals surface area contributed by atoms with Gasteiger partial charge < -0.3 is 28.5 Å². The van der Waals surface area contributed by atoms with Gasteiger partial charge in [-0.2, -0.15) is 0 Å². The zero-order valence-corrected chi connectivity index (χ0v) is 59.0. The number of quaternary nitrogens is 1. The number of unbranched alkanes of at least 4 members (excludes halogenated alkanes) is 26. The van der Waals surface area contributed by atoms with E-state index in [4.69, 9.17) is 13.8 Å². The summed E-state index contributed by atoms with van der Waals surface area (Å²) < 4.78 is 30.4. The number of carbonyl (C=O) groups excluding carboxylic acids is 2. The SMILES string of the molecule is CC/C=C\C/C=C\C/C=C\C/C=C\C/C=C\C/C=C\CCCCCCCCCCC(=O)NC(COP(=O)([O-])OCC[N+](C)(C)C)C(/C=C/CCCCCCCCCCC)OC(=O)CCCCCCCCCCC/C=C\C/C=C\C/C=C\C/C=C\C/C=C\CC. The van der Waals surface area contributed by atoms with E-state index in [1.54, 1.807) is 0 Å². The maximum absolute atomic E-state index is 13.6. The predicted octanol–water partition coefficient (Wildman–Crippen LogP) is 22.7. The van der Waals surface area contributed by atoms with Gasteiger partial charge in [-0.3, -0.25) is 14.2 Å². The number of nitrogens with one attached hydrogen (secondary N) is 1. The minimum absolute atomic E-state index is 0.0326. The van der Waals surface area contributed by atoms with Crippen molar-refractivity contribution < 1.29 is 37.3 Å². The van der Waals surface area contributed by atoms with Crippen molar-refractivity contribution in [2.45, 2.75) is 303 Å². The Kier molecular flexibility index (Phi) is 63.7. The first-order valence-electron chi connectivity index (χ1n) is 36.1. The fourth-order valence-corrected chi connectivity index (χ4v) is 10.5. The highest BCUT2D eigenvalue weighted by Crippen LogP contribution is 2.38. The van der Waals surface area contributed by atoms with Gasteiger partial charge in [-0.05, 0) is 128 Å². The molecule has 0 aromatic rings. The Bertz CT molecular complexity index is 2030. The molecule has 0 saturated heterocycles. The lowest BCUT2D eigenvalue weighted by Gasteiger charge is -2.30. The molecule has 0 spiro atoms. The Morgan fingerprint density at radius 2 is 0.719 bits per heavy atom. The van der Waals surface area contributed by atoms with Crippen molar-refractivity contribution in [3.63, 3.8) is 0 Å². The summed E-state index contributed by atoms with van der Waals surface area (Å²) in [5.41, 5.74) is 0. The van der Waals surface area contributed by atoms with Crippen molar-refractivity contribution in [1.29, 1.82) is 0 Å². The van der Waals surface area contributed by atoms with E-state index in [0.717, 1.165) is 148 Å². The highest BCUT2D eigenvalue weighted by Gasteiger charge is 2.27. The second-order valence-corrected chi connectivity index (χ2v) is 26.4. The number of nitrogens with zero attached hydrogens (tertiary/aromatic N) is 1. The van der Waals surface area contributed by atoms with Gasteiger partial charge in [-0.1, -0.05) is 295 Å². The lowest BCUT2D eigenvalue weighted by atomic mass is 10.0. The minimum Gasteiger partial charge on any atom is -0.756 e. The van der Waals surface area contributed by atoms with E-state index < -0.39 is 26.6 Å². The van der Waals surface area contributed by atoms with E-state index in [2.05, 4.69) is 160 Å². The number of amides is 1. The van der Waals surface area contributed by atoms with Crippen LogP contribution in [0.25, 0.3) is 0 Å². The van der Waals surface area contributed by atoms with Crippen LogP contribution in [0.2, 0.25) is 0 Å². The van der Waals surface area contributed by atoms with Gasteiger partial charge in [0, 0.05) is 12.8 Å². The van der Waals surface area contributed by atoms with Crippen LogP contribution >= 0.6 is 7.82 Å². The number of esters is 1. The van der Waals surface area contributed by atoms with Gasteiger partial charge in [0.1, 0.15) is 19.3 Å². The van der Waals surface area contributed by atoms with E-state index in [1.807, 2.05) is 33.3 Å². The summed E-state index contributed by atoms with van der Waals surface area (Å²) in [6.45, 7) is 6.60. The Labute approximate surface area is 548 Å². The Balaban J connectivity index is 5.06. The zero-order chi connectivity index (χ0) is 64.9. The number of hydrogen-bond acceptors (Lipinski definition) is 7. The molecule has 0 heterocycles. The summed E-state index contributed by atoms with van der Waals surface area (Å²) in [7, 11) is 1.16. The molecule has 0 aromatic heterocycles. The van der Waals surface area contributed by atoms with Gasteiger partial charge in [0.2, 0.25) is 5.91 Å². The molecule has 89 heavy (non-hydrogen) atoms. The van der Waals surface area contributed by atoms with Gasteiger partial charge >= 0.3 is 5.97 Å². The van der Waals surface area contributed by atoms with Crippen molar-refractivity contribution in [1.82, 2.24) is 5.32 Å². The van der Waals surface area contributed by atoms with Gasteiger partial charge in [0.15, 0.2) is 0 Å². The van der Waals surface area contributed by atoms with E-state index in [0.29, 0.717) is 23.9 Å². The summed E-state index contributed by atoms with van der Waals surface area (Å²) >= 11 is 0. The monoisotopic (exact) mass is 1260 g/mol. The first-order valence-corrected chi connectivity index (χ1v) is 37.6. The van der Waals surface area contributed by atoms with Crippen LogP contribution in [0.4, 0.5) is 0 Å². The fourth-order valence-electron chi connectivity index (χ4n) is 9.79. The maximum Gasteiger partial charge on any atom is 0.306 e. The first-order chi connectivity index (χ1) is 43.4. The van der Waals surface area contributed by atoms with Crippen LogP contribution < -0.4 is 10.2 Å². The van der Waals surface area contributed by atoms with Gasteiger partial charge in [0.25, 0.3) is 7.82 Å². The summed E-state index contributed by atoms with van der Waals surface area (Å²) in [6.07, 6.45) is 96.8. The van der Waals surface area contributed by atoms with Crippen molar-refractivity contribution in [2.75, 3.05) is 40.9 Å². The van der Waals surface area contributed by atoms with Crippen molar-refractivity contribution >= 4 is 19.7 Å². The van der Waals surface area contributed by atoms with Crippen LogP contribution in [0.1, 0.15) is 290 Å². The molecule has 0 radical (unpaired) electrons. The molecule has 0 saturated carbocycles. The molecule has 0 aliphatic rings. The molecule has 0 fully saturated rings. The summed E-state index contributed by atoms with van der Waals surface area (Å²) in [4.78, 5) is 40.2. The quantitative estimate of drug-likeness (QED) is 0.0212. The Morgan fingerprint density at radius 3 is 1.08 bits per heavy atom. The van der Waals surface area contributed by atoms with Crippen LogP contribution in [0.3, 0.4) is 0 Å². The molecule has 508 valence electrons. The molecule has 0 bridgehead atoms. The lowest BCUT2D eigenvalue weighted by molar-refractivity contribution is -0.870. The third-order valence-corrected chi connectivity index (χ3v) is 16.2. The second kappa shape index (κ2) is 66.8. The van der Waals surface area contributed by atoms with Crippen molar-refractivity contribution in [3.8, 4) is 0 Å². The van der Waals surface area contributed by atoms with E-state index in [1.165, 1.54) is 103 Å². The van der Waals surface area contributed by atoms with Crippen LogP contribution in [0.5, 0.6) is 0 Å². The number of hydrogen-bond donors (Lipinski definition) is 1.